The summed E-state index contributed by atoms with van der Waals surface area (Å²) in [7, 11) is 0.604. The van der Waals surface area contributed by atoms with E-state index in [1.807, 2.05) is 36.4 Å². The molecule has 0 saturated carbocycles. The first-order valence-electron chi connectivity index (χ1n) is 3.07. The molecule has 0 amide bonds. The van der Waals surface area contributed by atoms with Gasteiger partial charge >= 0.3 is 0 Å². The van der Waals surface area contributed by atoms with Gasteiger partial charge in [0.05, 0.1) is 10.2 Å². The molecule has 1 aromatic rings. The second-order valence-electron chi connectivity index (χ2n) is 1.94. The van der Waals surface area contributed by atoms with Crippen LogP contribution in [0.25, 0.3) is 0 Å². The Morgan fingerprint density at radius 3 is 0.909 bits per heavy atom. The summed E-state index contributed by atoms with van der Waals surface area (Å²) in [5, 5.41) is 0. The van der Waals surface area contributed by atoms with Gasteiger partial charge in [0.25, 0.3) is 0 Å². The normalized spacial score (nSPS) is 10.1. The van der Waals surface area contributed by atoms with Crippen LogP contribution in [0.3, 0.4) is 0 Å². The predicted molar refractivity (Wildman–Crippen MR) is 56.7 cm³/mol. The van der Waals surface area contributed by atoms with Gasteiger partial charge in [-0.15, -0.1) is 0 Å². The van der Waals surface area contributed by atoms with Gasteiger partial charge in [-0.05, 0) is 0 Å². The Balaban J connectivity index is 0.000000187. The zero-order valence-corrected chi connectivity index (χ0v) is 10.4. The molecule has 0 atom stereocenters. The Hall–Kier alpha value is 0.307. The van der Waals surface area contributed by atoms with Crippen molar-refractivity contribution in [2.24, 2.45) is 0 Å². The van der Waals surface area contributed by atoms with E-state index in [1.54, 1.807) is 0 Å². The lowest BCUT2D eigenvalue weighted by Gasteiger charge is -1.94. The van der Waals surface area contributed by atoms with Crippen molar-refractivity contribution >= 4 is 45.0 Å². The van der Waals surface area contributed by atoms with Gasteiger partial charge in [0, 0.05) is 0 Å². The first-order chi connectivity index (χ1) is 5.00. The summed E-state index contributed by atoms with van der Waals surface area (Å²) in [4.78, 5) is 0. The van der Waals surface area contributed by atoms with Crippen molar-refractivity contribution in [1.82, 2.24) is 0 Å². The van der Waals surface area contributed by atoms with Crippen LogP contribution < -0.4 is 0 Å². The van der Waals surface area contributed by atoms with Crippen LogP contribution in [0, 0.1) is 0 Å². The number of rotatable bonds is 0. The zero-order chi connectivity index (χ0) is 8.74. The number of halogens is 3. The van der Waals surface area contributed by atoms with E-state index >= 15 is 0 Å². The van der Waals surface area contributed by atoms with Gasteiger partial charge in [-0.3, -0.25) is 0 Å². The smallest absolute Gasteiger partial charge is 0.0894 e. The molecular formula is C7H9Cl3Si. The van der Waals surface area contributed by atoms with E-state index in [4.69, 9.17) is 34.8 Å². The van der Waals surface area contributed by atoms with Gasteiger partial charge < -0.3 is 0 Å². The second-order valence-corrected chi connectivity index (χ2v) is 8.19. The molecule has 0 aliphatic heterocycles. The average molecular weight is 228 g/mol. The van der Waals surface area contributed by atoms with Crippen molar-refractivity contribution in [1.29, 1.82) is 0 Å². The first kappa shape index (κ1) is 11.3. The van der Waals surface area contributed by atoms with E-state index in [2.05, 4.69) is 0 Å². The number of alkyl halides is 3. The van der Waals surface area contributed by atoms with Crippen molar-refractivity contribution in [3.63, 3.8) is 0 Å². The fraction of sp³-hybridized carbons (Fsp3) is 0.143. The Morgan fingerprint density at radius 2 is 0.818 bits per heavy atom. The van der Waals surface area contributed by atoms with Crippen LogP contribution in [0.4, 0.5) is 0 Å². The molecule has 1 aromatic carbocycles. The Morgan fingerprint density at radius 1 is 0.727 bits per heavy atom. The third kappa shape index (κ3) is 17.9. The monoisotopic (exact) mass is 226 g/mol. The minimum atomic E-state index is -0.944. The molecule has 0 aromatic heterocycles. The first-order valence-corrected chi connectivity index (χ1v) is 5.20. The fourth-order valence-corrected chi connectivity index (χ4v) is 0.385. The molecule has 62 valence electrons. The Bertz CT molecular complexity index is 138. The molecule has 1 rings (SSSR count). The van der Waals surface area contributed by atoms with Crippen molar-refractivity contribution in [3.05, 3.63) is 36.4 Å². The minimum Gasteiger partial charge on any atom is -0.0894 e. The molecule has 0 saturated heterocycles. The van der Waals surface area contributed by atoms with E-state index in [0.29, 0.717) is 10.2 Å². The molecule has 0 unspecified atom stereocenters. The molecule has 0 nitrogen and oxygen atoms in total. The summed E-state index contributed by atoms with van der Waals surface area (Å²) in [5.74, 6) is 0. The Labute approximate surface area is 84.9 Å². The molecule has 0 heterocycles. The standard InChI is InChI=1S/C6H6.CH3Cl3Si/c1-2-4-6-5-3-1;2-1(3,4)5/h1-6H;5H3. The summed E-state index contributed by atoms with van der Waals surface area (Å²) >= 11 is 15.4. The Kier molecular flexibility index (Phi) is 6.06. The topological polar surface area (TPSA) is 0 Å². The van der Waals surface area contributed by atoms with Crippen molar-refractivity contribution in [2.75, 3.05) is 0 Å². The zero-order valence-electron chi connectivity index (χ0n) is 6.10. The molecule has 4 heteroatoms. The molecule has 0 aliphatic rings. The van der Waals surface area contributed by atoms with Gasteiger partial charge in [-0.1, -0.05) is 71.2 Å². The molecule has 0 radical (unpaired) electrons. The fourth-order valence-electron chi connectivity index (χ4n) is 0.385. The predicted octanol–water partition coefficient (Wildman–Crippen LogP) is 2.37. The van der Waals surface area contributed by atoms with Gasteiger partial charge in [0.1, 0.15) is 0 Å². The van der Waals surface area contributed by atoms with Crippen LogP contribution in [0.5, 0.6) is 0 Å². The van der Waals surface area contributed by atoms with Gasteiger partial charge in [0.15, 0.2) is 3.42 Å². The molecule has 0 spiro atoms. The van der Waals surface area contributed by atoms with Crippen molar-refractivity contribution in [3.8, 4) is 0 Å². The molecule has 0 bridgehead atoms. The summed E-state index contributed by atoms with van der Waals surface area (Å²) in [5.41, 5.74) is 0. The van der Waals surface area contributed by atoms with Crippen LogP contribution in [0.1, 0.15) is 0 Å². The van der Waals surface area contributed by atoms with Gasteiger partial charge in [-0.25, -0.2) is 0 Å². The van der Waals surface area contributed by atoms with E-state index in [-0.39, 0.29) is 0 Å². The second kappa shape index (κ2) is 5.89. The molecule has 0 aliphatic carbocycles. The number of hydrogen-bond donors (Lipinski definition) is 0. The maximum absolute atomic E-state index is 5.12. The summed E-state index contributed by atoms with van der Waals surface area (Å²) in [6.45, 7) is 0. The molecular weight excluding hydrogens is 219 g/mol. The maximum Gasteiger partial charge on any atom is 0.166 e. The van der Waals surface area contributed by atoms with E-state index in [0.717, 1.165) is 0 Å². The summed E-state index contributed by atoms with van der Waals surface area (Å²) < 4.78 is -0.944. The SMILES string of the molecule is [SiH3]C(Cl)(Cl)Cl.c1ccccc1. The maximum atomic E-state index is 5.12. The lowest BCUT2D eigenvalue weighted by Crippen LogP contribution is -1.96. The molecule has 11 heavy (non-hydrogen) atoms. The third-order valence-corrected chi connectivity index (χ3v) is 0.667. The highest BCUT2D eigenvalue weighted by Gasteiger charge is 2.06. The lowest BCUT2D eigenvalue weighted by molar-refractivity contribution is 1.72. The van der Waals surface area contributed by atoms with Crippen LogP contribution in [-0.2, 0) is 0 Å². The highest BCUT2D eigenvalue weighted by atomic mass is 35.6. The largest absolute Gasteiger partial charge is 0.166 e. The lowest BCUT2D eigenvalue weighted by atomic mass is 10.4. The van der Waals surface area contributed by atoms with Crippen molar-refractivity contribution < 1.29 is 0 Å². The molecule has 0 N–H and O–H groups in total. The molecule has 0 fully saturated rings. The third-order valence-electron chi connectivity index (χ3n) is 0.667. The number of hydrogen-bond acceptors (Lipinski definition) is 0. The van der Waals surface area contributed by atoms with Crippen LogP contribution in [-0.4, -0.2) is 13.7 Å². The van der Waals surface area contributed by atoms with E-state index in [9.17, 15) is 0 Å². The minimum absolute atomic E-state index is 0.604. The summed E-state index contributed by atoms with van der Waals surface area (Å²) in [6, 6.07) is 12.0. The quantitative estimate of drug-likeness (QED) is 0.472. The summed E-state index contributed by atoms with van der Waals surface area (Å²) in [6.07, 6.45) is 0. The van der Waals surface area contributed by atoms with Gasteiger partial charge in [-0.2, -0.15) is 0 Å². The van der Waals surface area contributed by atoms with E-state index < -0.39 is 3.42 Å². The number of benzene rings is 1. The van der Waals surface area contributed by atoms with Crippen LogP contribution >= 0.6 is 34.8 Å². The van der Waals surface area contributed by atoms with Crippen molar-refractivity contribution in [2.45, 2.75) is 3.42 Å². The van der Waals surface area contributed by atoms with Crippen LogP contribution in [0.15, 0.2) is 36.4 Å². The highest BCUT2D eigenvalue weighted by molar-refractivity contribution is 6.81. The van der Waals surface area contributed by atoms with Gasteiger partial charge in [0.2, 0.25) is 0 Å². The highest BCUT2D eigenvalue weighted by Crippen LogP contribution is 2.19. The van der Waals surface area contributed by atoms with E-state index in [1.165, 1.54) is 0 Å². The van der Waals surface area contributed by atoms with Crippen LogP contribution in [0.2, 0.25) is 0 Å². The average Bonchev–Trinajstić information content (AvgIpc) is 1.88.